The molecule has 0 spiro atoms. The van der Waals surface area contributed by atoms with Gasteiger partial charge in [-0.25, -0.2) is 0 Å². The van der Waals surface area contributed by atoms with Crippen molar-refractivity contribution in [3.8, 4) is 0 Å². The first-order chi connectivity index (χ1) is 10.3. The van der Waals surface area contributed by atoms with Crippen molar-refractivity contribution in [2.75, 3.05) is 6.54 Å². The zero-order valence-corrected chi connectivity index (χ0v) is 12.4. The van der Waals surface area contributed by atoms with Gasteiger partial charge in [0.05, 0.1) is 5.71 Å². The minimum atomic E-state index is 0.144. The van der Waals surface area contributed by atoms with Gasteiger partial charge < -0.3 is 5.21 Å². The van der Waals surface area contributed by atoms with Gasteiger partial charge in [-0.1, -0.05) is 29.4 Å². The molecule has 0 amide bonds. The van der Waals surface area contributed by atoms with E-state index in [0.29, 0.717) is 6.04 Å². The van der Waals surface area contributed by atoms with Crippen LogP contribution >= 0.6 is 11.3 Å². The van der Waals surface area contributed by atoms with Gasteiger partial charge in [-0.05, 0) is 29.5 Å². The molecular formula is C17H16N2OS. The van der Waals surface area contributed by atoms with Gasteiger partial charge in [0.25, 0.3) is 0 Å². The van der Waals surface area contributed by atoms with Gasteiger partial charge in [0.15, 0.2) is 0 Å². The van der Waals surface area contributed by atoms with Crippen molar-refractivity contribution in [2.24, 2.45) is 5.16 Å². The van der Waals surface area contributed by atoms with Gasteiger partial charge >= 0.3 is 0 Å². The number of oxime groups is 1. The third-order valence-electron chi connectivity index (χ3n) is 5.43. The molecule has 3 atom stereocenters. The quantitative estimate of drug-likeness (QED) is 0.596. The molecule has 1 aromatic carbocycles. The Morgan fingerprint density at radius 1 is 1.33 bits per heavy atom. The zero-order chi connectivity index (χ0) is 14.0. The number of hydrogen-bond acceptors (Lipinski definition) is 4. The van der Waals surface area contributed by atoms with Gasteiger partial charge in [-0.3, -0.25) is 4.90 Å². The van der Waals surface area contributed by atoms with E-state index in [1.165, 1.54) is 22.1 Å². The van der Waals surface area contributed by atoms with Gasteiger partial charge in [-0.15, -0.1) is 11.3 Å². The standard InChI is InChI=1S/C17H16N2OS/c20-18-11-5-6-17-7-8-19(15(17)9-11)10-13-12-3-1-2-4-14(12)21-16(13)17/h1-6,15,20H,7-10H2/b18-11+/t15-,17+/m0/s1. The highest BCUT2D eigenvalue weighted by atomic mass is 32.1. The molecule has 3 nitrogen and oxygen atoms in total. The molecule has 106 valence electrons. The fourth-order valence-corrected chi connectivity index (χ4v) is 5.89. The SMILES string of the molecule is O/N=C1\C=C[C@]23CCN(Cc4c2sc2ccccc42)[C@H]3C1. The predicted molar refractivity (Wildman–Crippen MR) is 85.3 cm³/mol. The molecule has 3 heterocycles. The first-order valence-corrected chi connectivity index (χ1v) is 8.28. The van der Waals surface area contributed by atoms with Crippen LogP contribution in [0.5, 0.6) is 0 Å². The van der Waals surface area contributed by atoms with Gasteiger partial charge in [-0.2, -0.15) is 0 Å². The number of nitrogens with zero attached hydrogens (tertiary/aromatic N) is 2. The maximum absolute atomic E-state index is 9.10. The second kappa shape index (κ2) is 3.96. The summed E-state index contributed by atoms with van der Waals surface area (Å²) in [6.45, 7) is 2.18. The zero-order valence-electron chi connectivity index (χ0n) is 11.6. The van der Waals surface area contributed by atoms with Crippen LogP contribution in [0, 0.1) is 0 Å². The third kappa shape index (κ3) is 1.39. The van der Waals surface area contributed by atoms with Crippen molar-refractivity contribution in [1.82, 2.24) is 4.90 Å². The first kappa shape index (κ1) is 12.0. The van der Waals surface area contributed by atoms with Crippen LogP contribution in [-0.4, -0.2) is 28.4 Å². The highest BCUT2D eigenvalue weighted by Crippen LogP contribution is 2.54. The molecule has 0 saturated carbocycles. The fourth-order valence-electron chi connectivity index (χ4n) is 4.43. The Balaban J connectivity index is 1.79. The molecule has 2 aromatic rings. The minimum absolute atomic E-state index is 0.144. The number of thiophene rings is 1. The van der Waals surface area contributed by atoms with Crippen molar-refractivity contribution >= 4 is 27.1 Å². The molecule has 1 aromatic heterocycles. The normalized spacial score (nSPS) is 35.1. The summed E-state index contributed by atoms with van der Waals surface area (Å²) in [6, 6.07) is 9.23. The van der Waals surface area contributed by atoms with Crippen LogP contribution in [0.3, 0.4) is 0 Å². The van der Waals surface area contributed by atoms with E-state index >= 15 is 0 Å². The van der Waals surface area contributed by atoms with E-state index in [0.717, 1.165) is 25.2 Å². The molecule has 2 aliphatic heterocycles. The third-order valence-corrected chi connectivity index (χ3v) is 6.84. The molecule has 1 aliphatic carbocycles. The highest BCUT2D eigenvalue weighted by molar-refractivity contribution is 7.19. The molecule has 2 bridgehead atoms. The summed E-state index contributed by atoms with van der Waals surface area (Å²) < 4.78 is 1.40. The summed E-state index contributed by atoms with van der Waals surface area (Å²) in [5.74, 6) is 0. The molecule has 1 N–H and O–H groups in total. The van der Waals surface area contributed by atoms with Crippen molar-refractivity contribution in [1.29, 1.82) is 0 Å². The number of hydrogen-bond donors (Lipinski definition) is 1. The van der Waals surface area contributed by atoms with Crippen molar-refractivity contribution in [3.05, 3.63) is 46.9 Å². The van der Waals surface area contributed by atoms with Gasteiger partial charge in [0, 0.05) is 40.5 Å². The Labute approximate surface area is 127 Å². The van der Waals surface area contributed by atoms with E-state index in [1.54, 1.807) is 4.88 Å². The smallest absolute Gasteiger partial charge is 0.0808 e. The molecule has 1 fully saturated rings. The van der Waals surface area contributed by atoms with Crippen LogP contribution in [0.2, 0.25) is 0 Å². The summed E-state index contributed by atoms with van der Waals surface area (Å²) in [7, 11) is 0. The minimum Gasteiger partial charge on any atom is -0.411 e. The molecule has 21 heavy (non-hydrogen) atoms. The average molecular weight is 296 g/mol. The maximum atomic E-state index is 9.10. The predicted octanol–water partition coefficient (Wildman–Crippen LogP) is 3.52. The molecule has 3 aliphatic rings. The van der Waals surface area contributed by atoms with Crippen molar-refractivity contribution < 1.29 is 5.21 Å². The Hall–Kier alpha value is -1.65. The lowest BCUT2D eigenvalue weighted by atomic mass is 9.70. The number of fused-ring (bicyclic) bond motifs is 3. The second-order valence-corrected chi connectivity index (χ2v) is 7.36. The van der Waals surface area contributed by atoms with Gasteiger partial charge in [0.2, 0.25) is 0 Å². The summed E-state index contributed by atoms with van der Waals surface area (Å²) in [6.07, 6.45) is 6.39. The first-order valence-electron chi connectivity index (χ1n) is 7.47. The van der Waals surface area contributed by atoms with E-state index < -0.39 is 0 Å². The van der Waals surface area contributed by atoms with E-state index in [4.69, 9.17) is 5.21 Å². The summed E-state index contributed by atoms with van der Waals surface area (Å²) in [5, 5.41) is 14.0. The van der Waals surface area contributed by atoms with E-state index in [9.17, 15) is 0 Å². The van der Waals surface area contributed by atoms with Crippen LogP contribution in [0.15, 0.2) is 41.6 Å². The van der Waals surface area contributed by atoms with Crippen LogP contribution < -0.4 is 0 Å². The van der Waals surface area contributed by atoms with E-state index in [2.05, 4.69) is 40.4 Å². The largest absolute Gasteiger partial charge is 0.411 e. The number of allylic oxidation sites excluding steroid dienone is 1. The molecule has 4 heteroatoms. The highest BCUT2D eigenvalue weighted by Gasteiger charge is 2.53. The van der Waals surface area contributed by atoms with Crippen LogP contribution in [0.1, 0.15) is 23.3 Å². The Morgan fingerprint density at radius 3 is 3.14 bits per heavy atom. The Bertz CT molecular complexity index is 806. The van der Waals surface area contributed by atoms with Crippen molar-refractivity contribution in [3.63, 3.8) is 0 Å². The van der Waals surface area contributed by atoms with E-state index in [-0.39, 0.29) is 5.41 Å². The lowest BCUT2D eigenvalue weighted by Crippen LogP contribution is -2.47. The van der Waals surface area contributed by atoms with Crippen LogP contribution in [0.25, 0.3) is 10.1 Å². The van der Waals surface area contributed by atoms with Gasteiger partial charge in [0.1, 0.15) is 0 Å². The summed E-state index contributed by atoms with van der Waals surface area (Å²) >= 11 is 1.96. The molecule has 1 unspecified atom stereocenters. The second-order valence-electron chi connectivity index (χ2n) is 6.31. The Kier molecular flexibility index (Phi) is 2.25. The Morgan fingerprint density at radius 2 is 2.24 bits per heavy atom. The lowest BCUT2D eigenvalue weighted by Gasteiger charge is -2.42. The molecule has 0 radical (unpaired) electrons. The molecular weight excluding hydrogens is 280 g/mol. The van der Waals surface area contributed by atoms with Crippen LogP contribution in [0.4, 0.5) is 0 Å². The number of rotatable bonds is 0. The van der Waals surface area contributed by atoms with Crippen molar-refractivity contribution in [2.45, 2.75) is 30.8 Å². The fraction of sp³-hybridized carbons (Fsp3) is 0.353. The number of benzene rings is 1. The average Bonchev–Trinajstić information content (AvgIpc) is 3.04. The summed E-state index contributed by atoms with van der Waals surface area (Å²) in [5.41, 5.74) is 2.48. The molecule has 5 rings (SSSR count). The van der Waals surface area contributed by atoms with E-state index in [1.807, 2.05) is 17.4 Å². The summed E-state index contributed by atoms with van der Waals surface area (Å²) in [4.78, 5) is 4.13. The lowest BCUT2D eigenvalue weighted by molar-refractivity contribution is 0.202. The topological polar surface area (TPSA) is 35.8 Å². The monoisotopic (exact) mass is 296 g/mol. The maximum Gasteiger partial charge on any atom is 0.0808 e. The molecule has 1 saturated heterocycles. The van der Waals surface area contributed by atoms with Crippen LogP contribution in [-0.2, 0) is 12.0 Å².